The van der Waals surface area contributed by atoms with Gasteiger partial charge < -0.3 is 14.8 Å². The van der Waals surface area contributed by atoms with E-state index in [4.69, 9.17) is 9.47 Å². The lowest BCUT2D eigenvalue weighted by Gasteiger charge is -2.34. The van der Waals surface area contributed by atoms with Crippen LogP contribution in [0.5, 0.6) is 5.75 Å². The summed E-state index contributed by atoms with van der Waals surface area (Å²) in [6, 6.07) is 5.92. The number of aryl methyl sites for hydroxylation is 2. The van der Waals surface area contributed by atoms with Gasteiger partial charge in [0.25, 0.3) is 5.91 Å². The molecular weight excluding hydrogens is 318 g/mol. The highest BCUT2D eigenvalue weighted by Gasteiger charge is 2.28. The fourth-order valence-electron chi connectivity index (χ4n) is 3.38. The molecule has 1 aliphatic carbocycles. The monoisotopic (exact) mass is 347 g/mol. The minimum Gasteiger partial charge on any atom is -0.482 e. The van der Waals surface area contributed by atoms with Gasteiger partial charge in [-0.05, 0) is 55.4 Å². The number of carbonyl (C=O) groups excluding carboxylic acids is 2. The van der Waals surface area contributed by atoms with E-state index >= 15 is 0 Å². The Morgan fingerprint density at radius 2 is 1.76 bits per heavy atom. The Kier molecular flexibility index (Phi) is 6.85. The van der Waals surface area contributed by atoms with Crippen molar-refractivity contribution in [1.29, 1.82) is 0 Å². The van der Waals surface area contributed by atoms with Gasteiger partial charge >= 0.3 is 5.97 Å². The van der Waals surface area contributed by atoms with E-state index in [1.54, 1.807) is 0 Å². The summed E-state index contributed by atoms with van der Waals surface area (Å²) >= 11 is 0. The van der Waals surface area contributed by atoms with Gasteiger partial charge in [-0.15, -0.1) is 0 Å². The van der Waals surface area contributed by atoms with Gasteiger partial charge in [-0.2, -0.15) is 0 Å². The lowest BCUT2D eigenvalue weighted by molar-refractivity contribution is -0.150. The number of amides is 1. The SMILES string of the molecule is Cc1cc(C)cc(OCC(=O)OCC(=O)N[C@@H]2CCC[C@@H](C)[C@H]2C)c1. The van der Waals surface area contributed by atoms with E-state index in [2.05, 4.69) is 19.2 Å². The van der Waals surface area contributed by atoms with Gasteiger partial charge in [0.2, 0.25) is 0 Å². The highest BCUT2D eigenvalue weighted by Crippen LogP contribution is 2.29. The Bertz CT molecular complexity index is 593. The number of rotatable bonds is 6. The molecule has 1 saturated carbocycles. The first kappa shape index (κ1) is 19.3. The molecule has 0 radical (unpaired) electrons. The predicted molar refractivity (Wildman–Crippen MR) is 96.5 cm³/mol. The number of esters is 1. The van der Waals surface area contributed by atoms with Crippen LogP contribution in [0.2, 0.25) is 0 Å². The molecule has 0 unspecified atom stereocenters. The molecule has 0 aromatic heterocycles. The molecule has 1 aromatic carbocycles. The molecule has 1 fully saturated rings. The Balaban J connectivity index is 1.71. The number of nitrogens with one attached hydrogen (secondary N) is 1. The van der Waals surface area contributed by atoms with Crippen molar-refractivity contribution in [1.82, 2.24) is 5.32 Å². The van der Waals surface area contributed by atoms with Gasteiger partial charge in [0.15, 0.2) is 13.2 Å². The summed E-state index contributed by atoms with van der Waals surface area (Å²) in [5, 5.41) is 2.99. The first-order chi connectivity index (χ1) is 11.8. The second-order valence-electron chi connectivity index (χ2n) is 7.21. The van der Waals surface area contributed by atoms with Crippen molar-refractivity contribution in [3.8, 4) is 5.75 Å². The van der Waals surface area contributed by atoms with Crippen LogP contribution in [0.25, 0.3) is 0 Å². The zero-order valence-corrected chi connectivity index (χ0v) is 15.6. The Morgan fingerprint density at radius 3 is 2.44 bits per heavy atom. The zero-order valence-electron chi connectivity index (χ0n) is 15.6. The van der Waals surface area contributed by atoms with Crippen LogP contribution >= 0.6 is 0 Å². The minimum atomic E-state index is -0.542. The van der Waals surface area contributed by atoms with Gasteiger partial charge in [-0.1, -0.05) is 32.8 Å². The summed E-state index contributed by atoms with van der Waals surface area (Å²) in [4.78, 5) is 23.8. The highest BCUT2D eigenvalue weighted by molar-refractivity contribution is 5.81. The van der Waals surface area contributed by atoms with Crippen molar-refractivity contribution < 1.29 is 19.1 Å². The maximum Gasteiger partial charge on any atom is 0.344 e. The lowest BCUT2D eigenvalue weighted by atomic mass is 9.78. The molecule has 1 amide bonds. The maximum absolute atomic E-state index is 12.0. The molecule has 25 heavy (non-hydrogen) atoms. The molecule has 138 valence electrons. The molecule has 1 aliphatic rings. The van der Waals surface area contributed by atoms with E-state index in [0.29, 0.717) is 17.6 Å². The lowest BCUT2D eigenvalue weighted by Crippen LogP contribution is -2.45. The third-order valence-corrected chi connectivity index (χ3v) is 4.97. The fourth-order valence-corrected chi connectivity index (χ4v) is 3.38. The van der Waals surface area contributed by atoms with Crippen LogP contribution in [0.3, 0.4) is 0 Å². The summed E-state index contributed by atoms with van der Waals surface area (Å²) in [6.07, 6.45) is 3.32. The average Bonchev–Trinajstić information content (AvgIpc) is 2.54. The van der Waals surface area contributed by atoms with Crippen LogP contribution in [-0.4, -0.2) is 31.1 Å². The van der Waals surface area contributed by atoms with Crippen LogP contribution in [0.1, 0.15) is 44.2 Å². The van der Waals surface area contributed by atoms with Gasteiger partial charge in [0.1, 0.15) is 5.75 Å². The molecule has 1 aromatic rings. The van der Waals surface area contributed by atoms with Crippen molar-refractivity contribution in [3.05, 3.63) is 29.3 Å². The van der Waals surface area contributed by atoms with Crippen molar-refractivity contribution >= 4 is 11.9 Å². The summed E-state index contributed by atoms with van der Waals surface area (Å²) < 4.78 is 10.5. The van der Waals surface area contributed by atoms with Crippen LogP contribution in [0.4, 0.5) is 0 Å². The smallest absolute Gasteiger partial charge is 0.344 e. The van der Waals surface area contributed by atoms with Crippen LogP contribution < -0.4 is 10.1 Å². The van der Waals surface area contributed by atoms with E-state index in [0.717, 1.165) is 24.0 Å². The third-order valence-electron chi connectivity index (χ3n) is 4.97. The van der Waals surface area contributed by atoms with Crippen molar-refractivity contribution in [3.63, 3.8) is 0 Å². The van der Waals surface area contributed by atoms with Gasteiger partial charge in [-0.25, -0.2) is 4.79 Å². The zero-order chi connectivity index (χ0) is 18.4. The van der Waals surface area contributed by atoms with Crippen molar-refractivity contribution in [2.75, 3.05) is 13.2 Å². The molecule has 0 bridgehead atoms. The standard InChI is InChI=1S/C20H29NO4/c1-13-8-14(2)10-17(9-13)24-12-20(23)25-11-19(22)21-18-7-5-6-15(3)16(18)4/h8-10,15-16,18H,5-7,11-12H2,1-4H3,(H,21,22)/t15-,16-,18-/m1/s1. The first-order valence-corrected chi connectivity index (χ1v) is 9.01. The Labute approximate surface area is 150 Å². The van der Waals surface area contributed by atoms with Crippen molar-refractivity contribution in [2.45, 2.75) is 53.0 Å². The average molecular weight is 347 g/mol. The van der Waals surface area contributed by atoms with Gasteiger partial charge in [0, 0.05) is 6.04 Å². The molecular formula is C20H29NO4. The maximum atomic E-state index is 12.0. The number of hydrogen-bond acceptors (Lipinski definition) is 4. The van der Waals surface area contributed by atoms with E-state index in [9.17, 15) is 9.59 Å². The topological polar surface area (TPSA) is 64.6 Å². The number of carbonyl (C=O) groups is 2. The normalized spacial score (nSPS) is 23.0. The largest absolute Gasteiger partial charge is 0.482 e. The third kappa shape index (κ3) is 6.07. The molecule has 0 spiro atoms. The molecule has 0 heterocycles. The van der Waals surface area contributed by atoms with Crippen LogP contribution in [0, 0.1) is 25.7 Å². The molecule has 0 saturated heterocycles. The quantitative estimate of drug-likeness (QED) is 0.803. The highest BCUT2D eigenvalue weighted by atomic mass is 16.6. The van der Waals surface area contributed by atoms with E-state index in [1.165, 1.54) is 6.42 Å². The van der Waals surface area contributed by atoms with Gasteiger partial charge in [0.05, 0.1) is 0 Å². The Hall–Kier alpha value is -2.04. The first-order valence-electron chi connectivity index (χ1n) is 9.01. The van der Waals surface area contributed by atoms with Crippen molar-refractivity contribution in [2.24, 2.45) is 11.8 Å². The molecule has 5 heteroatoms. The Morgan fingerprint density at radius 1 is 1.08 bits per heavy atom. The fraction of sp³-hybridized carbons (Fsp3) is 0.600. The minimum absolute atomic E-state index is 0.168. The number of hydrogen-bond donors (Lipinski definition) is 1. The molecule has 0 aliphatic heterocycles. The van der Waals surface area contributed by atoms with E-state index in [1.807, 2.05) is 32.0 Å². The molecule has 2 rings (SSSR count). The second kappa shape index (κ2) is 8.88. The number of benzene rings is 1. The summed E-state index contributed by atoms with van der Waals surface area (Å²) in [7, 11) is 0. The van der Waals surface area contributed by atoms with Crippen LogP contribution in [0.15, 0.2) is 18.2 Å². The summed E-state index contributed by atoms with van der Waals surface area (Å²) in [5.41, 5.74) is 2.14. The summed E-state index contributed by atoms with van der Waals surface area (Å²) in [6.45, 7) is 7.86. The predicted octanol–water partition coefficient (Wildman–Crippen LogP) is 3.17. The molecule has 5 nitrogen and oxygen atoms in total. The molecule has 3 atom stereocenters. The van der Waals surface area contributed by atoms with Gasteiger partial charge in [-0.3, -0.25) is 4.79 Å². The van der Waals surface area contributed by atoms with E-state index < -0.39 is 5.97 Å². The number of ether oxygens (including phenoxy) is 2. The summed E-state index contributed by atoms with van der Waals surface area (Å²) in [5.74, 6) is 0.892. The molecule has 1 N–H and O–H groups in total. The second-order valence-corrected chi connectivity index (χ2v) is 7.21. The van der Waals surface area contributed by atoms with E-state index in [-0.39, 0.29) is 25.2 Å². The van der Waals surface area contributed by atoms with Crippen LogP contribution in [-0.2, 0) is 14.3 Å².